The minimum atomic E-state index is -0.573. The van der Waals surface area contributed by atoms with Gasteiger partial charge in [0.05, 0.1) is 19.4 Å². The van der Waals surface area contributed by atoms with Gasteiger partial charge in [-0.25, -0.2) is 4.68 Å². The van der Waals surface area contributed by atoms with Crippen LogP contribution in [-0.4, -0.2) is 45.2 Å². The van der Waals surface area contributed by atoms with Gasteiger partial charge in [0.2, 0.25) is 0 Å². The van der Waals surface area contributed by atoms with Gasteiger partial charge in [0.1, 0.15) is 17.8 Å². The molecule has 1 aliphatic rings. The van der Waals surface area contributed by atoms with Crippen LogP contribution >= 0.6 is 0 Å². The van der Waals surface area contributed by atoms with Crippen LogP contribution in [0.4, 0.5) is 0 Å². The molecule has 0 amide bonds. The van der Waals surface area contributed by atoms with Gasteiger partial charge >= 0.3 is 0 Å². The fraction of sp³-hybridized carbons (Fsp3) is 0.625. The predicted molar refractivity (Wildman–Crippen MR) is 45.9 cm³/mol. The van der Waals surface area contributed by atoms with E-state index in [4.69, 9.17) is 4.74 Å². The molecule has 1 N–H and O–H groups in total. The van der Waals surface area contributed by atoms with Crippen molar-refractivity contribution in [1.29, 1.82) is 0 Å². The summed E-state index contributed by atoms with van der Waals surface area (Å²) in [5.41, 5.74) is 0.309. The summed E-state index contributed by atoms with van der Waals surface area (Å²) in [6.07, 6.45) is 0.960. The molecule has 2 unspecified atom stereocenters. The Hall–Kier alpha value is -1.27. The van der Waals surface area contributed by atoms with Gasteiger partial charge in [-0.3, -0.25) is 4.79 Å². The van der Waals surface area contributed by atoms with Gasteiger partial charge in [-0.15, -0.1) is 5.10 Å². The maximum absolute atomic E-state index is 10.9. The van der Waals surface area contributed by atoms with Crippen LogP contribution in [0.2, 0.25) is 0 Å². The van der Waals surface area contributed by atoms with Crippen LogP contribution in [0, 0.1) is 0 Å². The number of aliphatic hydroxyl groups is 1. The van der Waals surface area contributed by atoms with Crippen molar-refractivity contribution in [2.24, 2.45) is 0 Å². The largest absolute Gasteiger partial charge is 0.388 e. The topological polar surface area (TPSA) is 77.2 Å². The number of aliphatic hydroxyl groups excluding tert-OH is 1. The van der Waals surface area contributed by atoms with Crippen molar-refractivity contribution < 1.29 is 14.6 Å². The SMILES string of the molecule is CC(=O)c1cn(C2COCC2O)nn1. The molecule has 1 aromatic rings. The van der Waals surface area contributed by atoms with E-state index in [-0.39, 0.29) is 11.8 Å². The summed E-state index contributed by atoms with van der Waals surface area (Å²) in [6.45, 7) is 2.14. The lowest BCUT2D eigenvalue weighted by Crippen LogP contribution is -2.22. The Kier molecular flexibility index (Phi) is 2.30. The van der Waals surface area contributed by atoms with E-state index < -0.39 is 6.10 Å². The van der Waals surface area contributed by atoms with Crippen molar-refractivity contribution >= 4 is 5.78 Å². The van der Waals surface area contributed by atoms with E-state index in [0.717, 1.165) is 0 Å². The number of Topliss-reactive ketones (excluding diaryl/α,β-unsaturated/α-hetero) is 1. The molecule has 6 nitrogen and oxygen atoms in total. The summed E-state index contributed by atoms with van der Waals surface area (Å²) >= 11 is 0. The zero-order valence-corrected chi connectivity index (χ0v) is 7.75. The van der Waals surface area contributed by atoms with Crippen molar-refractivity contribution in [2.45, 2.75) is 19.1 Å². The number of carbonyl (C=O) groups is 1. The van der Waals surface area contributed by atoms with E-state index >= 15 is 0 Å². The molecule has 1 saturated heterocycles. The molecular weight excluding hydrogens is 186 g/mol. The lowest BCUT2D eigenvalue weighted by molar-refractivity contribution is 0.101. The van der Waals surface area contributed by atoms with Gasteiger partial charge in [0.25, 0.3) is 0 Å². The molecule has 2 atom stereocenters. The van der Waals surface area contributed by atoms with E-state index in [0.29, 0.717) is 18.9 Å². The summed E-state index contributed by atoms with van der Waals surface area (Å²) < 4.78 is 6.55. The van der Waals surface area contributed by atoms with Crippen LogP contribution in [0.1, 0.15) is 23.5 Å². The summed E-state index contributed by atoms with van der Waals surface area (Å²) in [5, 5.41) is 17.0. The van der Waals surface area contributed by atoms with Gasteiger partial charge in [-0.1, -0.05) is 5.21 Å². The van der Waals surface area contributed by atoms with Crippen LogP contribution in [0.15, 0.2) is 6.20 Å². The molecular formula is C8H11N3O3. The minimum absolute atomic E-state index is 0.135. The first-order chi connectivity index (χ1) is 6.68. The zero-order valence-electron chi connectivity index (χ0n) is 7.75. The van der Waals surface area contributed by atoms with Crippen LogP contribution in [-0.2, 0) is 4.74 Å². The van der Waals surface area contributed by atoms with Crippen molar-refractivity contribution in [3.63, 3.8) is 0 Å². The number of nitrogens with zero attached hydrogens (tertiary/aromatic N) is 3. The second kappa shape index (κ2) is 3.47. The fourth-order valence-electron chi connectivity index (χ4n) is 1.38. The van der Waals surface area contributed by atoms with E-state index in [1.807, 2.05) is 0 Å². The third-order valence-electron chi connectivity index (χ3n) is 2.23. The summed E-state index contributed by atoms with van der Waals surface area (Å²) in [6, 6.07) is -0.226. The third kappa shape index (κ3) is 1.53. The van der Waals surface area contributed by atoms with Crippen LogP contribution < -0.4 is 0 Å². The number of ether oxygens (including phenoxy) is 1. The molecule has 1 fully saturated rings. The first-order valence-corrected chi connectivity index (χ1v) is 4.37. The molecule has 6 heteroatoms. The van der Waals surface area contributed by atoms with Gasteiger partial charge in [-0.2, -0.15) is 0 Å². The Morgan fingerprint density at radius 1 is 1.71 bits per heavy atom. The third-order valence-corrected chi connectivity index (χ3v) is 2.23. The Bertz CT molecular complexity index is 349. The van der Waals surface area contributed by atoms with E-state index in [1.54, 1.807) is 0 Å². The Morgan fingerprint density at radius 3 is 3.00 bits per heavy atom. The normalized spacial score (nSPS) is 26.7. The first-order valence-electron chi connectivity index (χ1n) is 4.37. The molecule has 1 aliphatic heterocycles. The molecule has 0 aromatic carbocycles. The minimum Gasteiger partial charge on any atom is -0.388 e. The molecule has 0 bridgehead atoms. The monoisotopic (exact) mass is 197 g/mol. The van der Waals surface area contributed by atoms with Crippen molar-refractivity contribution in [2.75, 3.05) is 13.2 Å². The van der Waals surface area contributed by atoms with E-state index in [1.165, 1.54) is 17.8 Å². The van der Waals surface area contributed by atoms with E-state index in [2.05, 4.69) is 10.3 Å². The Balaban J connectivity index is 2.20. The second-order valence-corrected chi connectivity index (χ2v) is 3.31. The highest BCUT2D eigenvalue weighted by molar-refractivity contribution is 5.91. The van der Waals surface area contributed by atoms with Crippen molar-refractivity contribution in [3.05, 3.63) is 11.9 Å². The average molecular weight is 197 g/mol. The summed E-state index contributed by atoms with van der Waals surface area (Å²) in [4.78, 5) is 10.9. The molecule has 0 radical (unpaired) electrons. The highest BCUT2D eigenvalue weighted by Crippen LogP contribution is 2.18. The average Bonchev–Trinajstić information content (AvgIpc) is 2.71. The molecule has 2 rings (SSSR count). The van der Waals surface area contributed by atoms with Crippen LogP contribution in [0.5, 0.6) is 0 Å². The summed E-state index contributed by atoms with van der Waals surface area (Å²) in [7, 11) is 0. The number of hydrogen-bond donors (Lipinski definition) is 1. The standard InChI is InChI=1S/C8H11N3O3/c1-5(12)6-2-11(10-9-6)7-3-14-4-8(7)13/h2,7-8,13H,3-4H2,1H3. The number of ketones is 1. The molecule has 1 aromatic heterocycles. The number of hydrogen-bond acceptors (Lipinski definition) is 5. The smallest absolute Gasteiger partial charge is 0.181 e. The van der Waals surface area contributed by atoms with Gasteiger partial charge in [-0.05, 0) is 0 Å². The second-order valence-electron chi connectivity index (χ2n) is 3.31. The van der Waals surface area contributed by atoms with Gasteiger partial charge in [0, 0.05) is 6.92 Å². The fourth-order valence-corrected chi connectivity index (χ4v) is 1.38. The maximum Gasteiger partial charge on any atom is 0.181 e. The quantitative estimate of drug-likeness (QED) is 0.641. The number of carbonyl (C=O) groups excluding carboxylic acids is 1. The number of rotatable bonds is 2. The van der Waals surface area contributed by atoms with Crippen molar-refractivity contribution in [3.8, 4) is 0 Å². The van der Waals surface area contributed by atoms with Crippen molar-refractivity contribution in [1.82, 2.24) is 15.0 Å². The molecule has 14 heavy (non-hydrogen) atoms. The Labute approximate surface area is 80.5 Å². The highest BCUT2D eigenvalue weighted by atomic mass is 16.5. The molecule has 76 valence electrons. The van der Waals surface area contributed by atoms with Gasteiger partial charge < -0.3 is 9.84 Å². The lowest BCUT2D eigenvalue weighted by Gasteiger charge is -2.10. The molecule has 0 spiro atoms. The number of aromatic nitrogens is 3. The zero-order chi connectivity index (χ0) is 10.1. The maximum atomic E-state index is 10.9. The van der Waals surface area contributed by atoms with E-state index in [9.17, 15) is 9.90 Å². The first kappa shape index (κ1) is 9.29. The Morgan fingerprint density at radius 2 is 2.50 bits per heavy atom. The van der Waals surface area contributed by atoms with Crippen LogP contribution in [0.25, 0.3) is 0 Å². The lowest BCUT2D eigenvalue weighted by atomic mass is 10.2. The van der Waals surface area contributed by atoms with Gasteiger partial charge in [0.15, 0.2) is 5.78 Å². The van der Waals surface area contributed by atoms with Crippen LogP contribution in [0.3, 0.4) is 0 Å². The predicted octanol–water partition coefficient (Wildman–Crippen LogP) is -0.587. The highest BCUT2D eigenvalue weighted by Gasteiger charge is 2.29. The molecule has 0 aliphatic carbocycles. The molecule has 2 heterocycles. The molecule has 0 saturated carbocycles. The summed E-state index contributed by atoms with van der Waals surface area (Å²) in [5.74, 6) is -0.135.